The van der Waals surface area contributed by atoms with Crippen molar-refractivity contribution in [2.45, 2.75) is 45.8 Å². The van der Waals surface area contributed by atoms with E-state index in [4.69, 9.17) is 0 Å². The van der Waals surface area contributed by atoms with Gasteiger partial charge in [0.2, 0.25) is 0 Å². The molecule has 132 valence electrons. The molecule has 0 saturated heterocycles. The number of hydrogen-bond donors (Lipinski definition) is 3. The molecular formula is C14H22F3N3O3. The van der Waals surface area contributed by atoms with Gasteiger partial charge in [-0.15, -0.1) is 0 Å². The lowest BCUT2D eigenvalue weighted by atomic mass is 9.86. The van der Waals surface area contributed by atoms with E-state index in [1.807, 2.05) is 0 Å². The van der Waals surface area contributed by atoms with Gasteiger partial charge >= 0.3 is 6.18 Å². The molecule has 9 heteroatoms. The van der Waals surface area contributed by atoms with Crippen molar-refractivity contribution < 1.29 is 28.3 Å². The number of nitrogens with one attached hydrogen (secondary N) is 1. The molecular weight excluding hydrogens is 315 g/mol. The lowest BCUT2D eigenvalue weighted by molar-refractivity contribution is -0.136. The Bertz CT molecular complexity index is 525. The normalized spacial score (nSPS) is 18.0. The number of aliphatic hydroxyl groups excluding tert-OH is 1. The molecule has 23 heavy (non-hydrogen) atoms. The van der Waals surface area contributed by atoms with Gasteiger partial charge in [-0.1, -0.05) is 13.8 Å². The van der Waals surface area contributed by atoms with Crippen LogP contribution in [-0.4, -0.2) is 52.0 Å². The summed E-state index contributed by atoms with van der Waals surface area (Å²) in [6.07, 6.45) is -3.91. The van der Waals surface area contributed by atoms with Crippen molar-refractivity contribution in [3.8, 4) is 0 Å². The van der Waals surface area contributed by atoms with Crippen LogP contribution in [0.25, 0.3) is 0 Å². The first-order valence-electron chi connectivity index (χ1n) is 7.07. The van der Waals surface area contributed by atoms with Gasteiger partial charge in [0.05, 0.1) is 24.3 Å². The van der Waals surface area contributed by atoms with Crippen molar-refractivity contribution in [1.29, 1.82) is 0 Å². The molecule has 0 atom stereocenters. The summed E-state index contributed by atoms with van der Waals surface area (Å²) in [6, 6.07) is 0. The highest BCUT2D eigenvalue weighted by molar-refractivity contribution is 6.07. The topological polar surface area (TPSA) is 85.2 Å². The van der Waals surface area contributed by atoms with Gasteiger partial charge in [0.15, 0.2) is 5.84 Å². The van der Waals surface area contributed by atoms with Gasteiger partial charge in [0.25, 0.3) is 5.91 Å². The van der Waals surface area contributed by atoms with Gasteiger partial charge in [-0.05, 0) is 13.8 Å². The second-order valence-corrected chi connectivity index (χ2v) is 6.58. The fraction of sp³-hybridized carbons (Fsp3) is 0.714. The van der Waals surface area contributed by atoms with E-state index >= 15 is 0 Å². The number of amidine groups is 1. The van der Waals surface area contributed by atoms with Crippen LogP contribution in [0.3, 0.4) is 0 Å². The fourth-order valence-electron chi connectivity index (χ4n) is 1.78. The molecule has 0 aromatic heterocycles. The Morgan fingerprint density at radius 2 is 1.87 bits per heavy atom. The number of carbonyl (C=O) groups excluding carboxylic acids is 1. The SMILES string of the molecule is CC(C)(CO)C1=CC(=NC(=O)C(C)(C)NCCC(F)(F)F)N1O. The first-order chi connectivity index (χ1) is 10.3. The number of hydroxylamine groups is 2. The standard InChI is InChI=1S/C14H22F3N3O3/c1-12(2,8-21)9-7-10(20(9)23)19-11(22)13(3,4)18-6-5-14(15,16)17/h7,18,21,23H,5-6,8H2,1-4H3. The lowest BCUT2D eigenvalue weighted by Crippen LogP contribution is -2.49. The lowest BCUT2D eigenvalue weighted by Gasteiger charge is -2.38. The van der Waals surface area contributed by atoms with Crippen molar-refractivity contribution in [1.82, 2.24) is 10.4 Å². The maximum Gasteiger partial charge on any atom is 0.390 e. The molecule has 0 aromatic rings. The van der Waals surface area contributed by atoms with Crippen molar-refractivity contribution in [2.24, 2.45) is 10.4 Å². The van der Waals surface area contributed by atoms with E-state index < -0.39 is 36.0 Å². The minimum Gasteiger partial charge on any atom is -0.395 e. The second-order valence-electron chi connectivity index (χ2n) is 6.58. The summed E-state index contributed by atoms with van der Waals surface area (Å²) in [7, 11) is 0. The van der Waals surface area contributed by atoms with Gasteiger partial charge in [-0.3, -0.25) is 10.0 Å². The average Bonchev–Trinajstić information content (AvgIpc) is 2.40. The van der Waals surface area contributed by atoms with E-state index in [1.165, 1.54) is 19.9 Å². The van der Waals surface area contributed by atoms with Crippen LogP contribution < -0.4 is 5.32 Å². The number of hydrogen-bond acceptors (Lipinski definition) is 4. The molecule has 0 radical (unpaired) electrons. The maximum atomic E-state index is 12.1. The first-order valence-corrected chi connectivity index (χ1v) is 7.07. The fourth-order valence-corrected chi connectivity index (χ4v) is 1.78. The van der Waals surface area contributed by atoms with Crippen molar-refractivity contribution in [3.63, 3.8) is 0 Å². The molecule has 3 N–H and O–H groups in total. The monoisotopic (exact) mass is 337 g/mol. The van der Waals surface area contributed by atoms with Crippen LogP contribution in [0.1, 0.15) is 34.1 Å². The predicted octanol–water partition coefficient (Wildman–Crippen LogP) is 1.84. The molecule has 1 heterocycles. The third-order valence-electron chi connectivity index (χ3n) is 3.53. The number of alkyl halides is 3. The minimum absolute atomic E-state index is 0.0165. The first kappa shape index (κ1) is 19.6. The summed E-state index contributed by atoms with van der Waals surface area (Å²) >= 11 is 0. The summed E-state index contributed by atoms with van der Waals surface area (Å²) in [5.74, 6) is -0.719. The van der Waals surface area contributed by atoms with Gasteiger partial charge in [0, 0.05) is 18.0 Å². The largest absolute Gasteiger partial charge is 0.395 e. The number of aliphatic hydroxyl groups is 1. The summed E-state index contributed by atoms with van der Waals surface area (Å²) in [4.78, 5) is 15.7. The zero-order valence-electron chi connectivity index (χ0n) is 13.5. The number of nitrogens with zero attached hydrogens (tertiary/aromatic N) is 2. The molecule has 0 bridgehead atoms. The molecule has 6 nitrogen and oxygen atoms in total. The van der Waals surface area contributed by atoms with E-state index in [1.54, 1.807) is 13.8 Å². The maximum absolute atomic E-state index is 12.1. The number of halogens is 3. The quantitative estimate of drug-likeness (QED) is 0.689. The summed E-state index contributed by atoms with van der Waals surface area (Å²) in [5.41, 5.74) is -1.60. The van der Waals surface area contributed by atoms with E-state index in [-0.39, 0.29) is 12.4 Å². The Morgan fingerprint density at radius 3 is 2.30 bits per heavy atom. The molecule has 0 fully saturated rings. The van der Waals surface area contributed by atoms with Crippen LogP contribution in [0, 0.1) is 5.41 Å². The van der Waals surface area contributed by atoms with Crippen molar-refractivity contribution >= 4 is 11.7 Å². The van der Waals surface area contributed by atoms with Crippen LogP contribution in [0.4, 0.5) is 13.2 Å². The van der Waals surface area contributed by atoms with Gasteiger partial charge < -0.3 is 10.4 Å². The van der Waals surface area contributed by atoms with Crippen molar-refractivity contribution in [3.05, 3.63) is 11.8 Å². The van der Waals surface area contributed by atoms with Crippen LogP contribution in [0.2, 0.25) is 0 Å². The molecule has 0 saturated carbocycles. The van der Waals surface area contributed by atoms with E-state index in [0.29, 0.717) is 10.8 Å². The zero-order valence-corrected chi connectivity index (χ0v) is 13.5. The molecule has 0 unspecified atom stereocenters. The van der Waals surface area contributed by atoms with Crippen molar-refractivity contribution in [2.75, 3.05) is 13.2 Å². The van der Waals surface area contributed by atoms with E-state index in [2.05, 4.69) is 10.3 Å². The van der Waals surface area contributed by atoms with Gasteiger partial charge in [-0.25, -0.2) is 5.06 Å². The molecule has 0 aromatic carbocycles. The Hall–Kier alpha value is -1.45. The average molecular weight is 337 g/mol. The summed E-state index contributed by atoms with van der Waals surface area (Å²) in [6.45, 7) is 5.61. The minimum atomic E-state index is -4.30. The van der Waals surface area contributed by atoms with Crippen LogP contribution in [0.5, 0.6) is 0 Å². The molecule has 1 aliphatic heterocycles. The van der Waals surface area contributed by atoms with E-state index in [0.717, 1.165) is 0 Å². The number of rotatable bonds is 6. The molecule has 1 aliphatic rings. The molecule has 0 spiro atoms. The second kappa shape index (κ2) is 6.58. The summed E-state index contributed by atoms with van der Waals surface area (Å²) in [5, 5.41) is 22.2. The number of amides is 1. The Morgan fingerprint density at radius 1 is 1.30 bits per heavy atom. The van der Waals surface area contributed by atoms with Gasteiger partial charge in [-0.2, -0.15) is 18.2 Å². The highest BCUT2D eigenvalue weighted by Gasteiger charge is 2.37. The molecule has 1 amide bonds. The Balaban J connectivity index is 2.72. The smallest absolute Gasteiger partial charge is 0.390 e. The van der Waals surface area contributed by atoms with Crippen LogP contribution in [0.15, 0.2) is 16.8 Å². The Labute approximate surface area is 132 Å². The van der Waals surface area contributed by atoms with E-state index in [9.17, 15) is 28.3 Å². The third kappa shape index (κ3) is 5.02. The molecule has 0 aliphatic carbocycles. The third-order valence-corrected chi connectivity index (χ3v) is 3.53. The Kier molecular flexibility index (Phi) is 5.61. The highest BCUT2D eigenvalue weighted by Crippen LogP contribution is 2.33. The number of aliphatic imine (C=N–C) groups is 1. The predicted molar refractivity (Wildman–Crippen MR) is 77.8 cm³/mol. The highest BCUT2D eigenvalue weighted by atomic mass is 19.4. The zero-order chi connectivity index (χ0) is 18.1. The molecule has 1 rings (SSSR count). The summed E-state index contributed by atoms with van der Waals surface area (Å²) < 4.78 is 36.4. The number of carbonyl (C=O) groups is 1. The van der Waals surface area contributed by atoms with Crippen LogP contribution in [-0.2, 0) is 4.79 Å². The van der Waals surface area contributed by atoms with Gasteiger partial charge in [0.1, 0.15) is 0 Å². The van der Waals surface area contributed by atoms with Crippen LogP contribution >= 0.6 is 0 Å².